The summed E-state index contributed by atoms with van der Waals surface area (Å²) in [5.74, 6) is 2.40. The first-order valence-corrected chi connectivity index (χ1v) is 6.78. The number of hydrogen-bond donors (Lipinski definition) is 3. The first-order valence-electron chi connectivity index (χ1n) is 6.78. The molecule has 5 heteroatoms. The molecule has 0 aliphatic rings. The zero-order chi connectivity index (χ0) is 14.6. The monoisotopic (exact) mass is 266 g/mol. The second-order valence-corrected chi connectivity index (χ2v) is 5.81. The van der Waals surface area contributed by atoms with E-state index < -0.39 is 0 Å². The van der Waals surface area contributed by atoms with Crippen LogP contribution in [0.25, 0.3) is 0 Å². The Balaban J connectivity index is 3.08. The van der Waals surface area contributed by atoms with Crippen LogP contribution in [0, 0.1) is 6.92 Å². The summed E-state index contributed by atoms with van der Waals surface area (Å²) < 4.78 is 0. The number of anilines is 2. The third-order valence-electron chi connectivity index (χ3n) is 3.03. The minimum absolute atomic E-state index is 0.112. The average molecular weight is 266 g/mol. The zero-order valence-electron chi connectivity index (χ0n) is 12.8. The number of aromatic nitrogens is 2. The van der Waals surface area contributed by atoms with E-state index in [-0.39, 0.29) is 11.5 Å². The Kier molecular flexibility index (Phi) is 5.11. The molecule has 1 atom stereocenters. The van der Waals surface area contributed by atoms with Gasteiger partial charge in [0.25, 0.3) is 0 Å². The smallest absolute Gasteiger partial charge is 0.138 e. The molecule has 19 heavy (non-hydrogen) atoms. The van der Waals surface area contributed by atoms with Crippen molar-refractivity contribution in [2.75, 3.05) is 24.2 Å². The SMILES string of the molecule is CCC(O)CNc1nc(C(C)(C)C)nc(NC)c1C. The van der Waals surface area contributed by atoms with E-state index in [2.05, 4.69) is 41.4 Å². The highest BCUT2D eigenvalue weighted by molar-refractivity contribution is 5.57. The highest BCUT2D eigenvalue weighted by atomic mass is 16.3. The molecule has 5 nitrogen and oxygen atoms in total. The third kappa shape index (κ3) is 4.06. The molecular weight excluding hydrogens is 240 g/mol. The van der Waals surface area contributed by atoms with Gasteiger partial charge in [-0.3, -0.25) is 0 Å². The van der Waals surface area contributed by atoms with Gasteiger partial charge in [0.2, 0.25) is 0 Å². The van der Waals surface area contributed by atoms with Crippen LogP contribution in [0.1, 0.15) is 45.5 Å². The van der Waals surface area contributed by atoms with Crippen LogP contribution < -0.4 is 10.6 Å². The molecule has 1 aromatic rings. The number of rotatable bonds is 5. The highest BCUT2D eigenvalue weighted by Crippen LogP contribution is 2.25. The van der Waals surface area contributed by atoms with E-state index >= 15 is 0 Å². The fourth-order valence-electron chi connectivity index (χ4n) is 1.63. The normalized spacial score (nSPS) is 13.2. The van der Waals surface area contributed by atoms with Gasteiger partial charge in [0.05, 0.1) is 6.10 Å². The van der Waals surface area contributed by atoms with E-state index in [0.29, 0.717) is 6.54 Å². The molecular formula is C14H26N4O. The largest absolute Gasteiger partial charge is 0.391 e. The lowest BCUT2D eigenvalue weighted by Gasteiger charge is -2.21. The van der Waals surface area contributed by atoms with Gasteiger partial charge >= 0.3 is 0 Å². The number of nitrogens with one attached hydrogen (secondary N) is 2. The van der Waals surface area contributed by atoms with Crippen molar-refractivity contribution in [2.24, 2.45) is 0 Å². The molecule has 1 aromatic heterocycles. The van der Waals surface area contributed by atoms with Crippen LogP contribution in [0.4, 0.5) is 11.6 Å². The van der Waals surface area contributed by atoms with E-state index in [1.54, 1.807) is 0 Å². The third-order valence-corrected chi connectivity index (χ3v) is 3.03. The van der Waals surface area contributed by atoms with Gasteiger partial charge in [0, 0.05) is 24.6 Å². The molecule has 0 amide bonds. The van der Waals surface area contributed by atoms with Crippen LogP contribution in [0.2, 0.25) is 0 Å². The van der Waals surface area contributed by atoms with Crippen molar-refractivity contribution < 1.29 is 5.11 Å². The van der Waals surface area contributed by atoms with Crippen LogP contribution in [0.3, 0.4) is 0 Å². The van der Waals surface area contributed by atoms with E-state index in [1.165, 1.54) is 0 Å². The molecule has 0 aliphatic carbocycles. The first kappa shape index (κ1) is 15.7. The lowest BCUT2D eigenvalue weighted by atomic mass is 9.95. The maximum absolute atomic E-state index is 9.64. The first-order chi connectivity index (χ1) is 8.79. The molecule has 1 rings (SSSR count). The standard InChI is InChI=1S/C14H26N4O/c1-7-10(19)8-16-12-9(2)11(15-6)17-13(18-12)14(3,4)5/h10,19H,7-8H2,1-6H3,(H2,15,16,17,18). The quantitative estimate of drug-likeness (QED) is 0.763. The highest BCUT2D eigenvalue weighted by Gasteiger charge is 2.21. The van der Waals surface area contributed by atoms with Crippen LogP contribution in [-0.2, 0) is 5.41 Å². The van der Waals surface area contributed by atoms with Gasteiger partial charge in [-0.25, -0.2) is 9.97 Å². The summed E-state index contributed by atoms with van der Waals surface area (Å²) in [6, 6.07) is 0. The maximum Gasteiger partial charge on any atom is 0.138 e. The van der Waals surface area contributed by atoms with Gasteiger partial charge in [0.1, 0.15) is 17.5 Å². The molecule has 0 aliphatic heterocycles. The Labute approximate surface area is 115 Å². The number of aliphatic hydroxyl groups excluding tert-OH is 1. The topological polar surface area (TPSA) is 70.1 Å². The number of aliphatic hydroxyl groups is 1. The number of hydrogen-bond acceptors (Lipinski definition) is 5. The van der Waals surface area contributed by atoms with Crippen LogP contribution in [0.15, 0.2) is 0 Å². The summed E-state index contributed by atoms with van der Waals surface area (Å²) in [5, 5.41) is 16.0. The molecule has 0 aromatic carbocycles. The summed E-state index contributed by atoms with van der Waals surface area (Å²) >= 11 is 0. The van der Waals surface area contributed by atoms with Gasteiger partial charge in [-0.2, -0.15) is 0 Å². The molecule has 1 heterocycles. The molecule has 1 unspecified atom stereocenters. The van der Waals surface area contributed by atoms with Crippen molar-refractivity contribution >= 4 is 11.6 Å². The van der Waals surface area contributed by atoms with E-state index in [4.69, 9.17) is 0 Å². The summed E-state index contributed by atoms with van der Waals surface area (Å²) in [6.07, 6.45) is 0.368. The van der Waals surface area contributed by atoms with Crippen LogP contribution >= 0.6 is 0 Å². The fraction of sp³-hybridized carbons (Fsp3) is 0.714. The lowest BCUT2D eigenvalue weighted by molar-refractivity contribution is 0.183. The molecule has 0 saturated heterocycles. The van der Waals surface area contributed by atoms with Crippen molar-refractivity contribution in [1.29, 1.82) is 0 Å². The fourth-order valence-corrected chi connectivity index (χ4v) is 1.63. The minimum Gasteiger partial charge on any atom is -0.391 e. The zero-order valence-corrected chi connectivity index (χ0v) is 12.8. The van der Waals surface area contributed by atoms with E-state index in [1.807, 2.05) is 20.9 Å². The van der Waals surface area contributed by atoms with Gasteiger partial charge < -0.3 is 15.7 Å². The van der Waals surface area contributed by atoms with Gasteiger partial charge in [-0.15, -0.1) is 0 Å². The van der Waals surface area contributed by atoms with Crippen LogP contribution in [0.5, 0.6) is 0 Å². The second-order valence-electron chi connectivity index (χ2n) is 5.81. The van der Waals surface area contributed by atoms with Crippen molar-refractivity contribution in [3.05, 3.63) is 11.4 Å². The molecule has 0 bridgehead atoms. The van der Waals surface area contributed by atoms with Crippen LogP contribution in [-0.4, -0.2) is 34.8 Å². The molecule has 0 saturated carbocycles. The van der Waals surface area contributed by atoms with E-state index in [0.717, 1.165) is 29.4 Å². The Bertz CT molecular complexity index is 426. The van der Waals surface area contributed by atoms with E-state index in [9.17, 15) is 5.11 Å². The molecule has 3 N–H and O–H groups in total. The Morgan fingerprint density at radius 3 is 2.26 bits per heavy atom. The summed E-state index contributed by atoms with van der Waals surface area (Å²) in [5.41, 5.74) is 0.859. The Morgan fingerprint density at radius 2 is 1.79 bits per heavy atom. The van der Waals surface area contributed by atoms with Gasteiger partial charge in [-0.1, -0.05) is 27.7 Å². The summed E-state index contributed by atoms with van der Waals surface area (Å²) in [7, 11) is 1.85. The predicted octanol–water partition coefficient (Wildman–Crippen LogP) is 2.31. The van der Waals surface area contributed by atoms with Gasteiger partial charge in [0.15, 0.2) is 0 Å². The number of nitrogens with zero attached hydrogens (tertiary/aromatic N) is 2. The average Bonchev–Trinajstić information content (AvgIpc) is 2.35. The molecule has 0 fully saturated rings. The maximum atomic E-state index is 9.64. The van der Waals surface area contributed by atoms with Crippen molar-refractivity contribution in [3.63, 3.8) is 0 Å². The predicted molar refractivity (Wildman–Crippen MR) is 79.8 cm³/mol. The Hall–Kier alpha value is -1.36. The Morgan fingerprint density at radius 1 is 1.21 bits per heavy atom. The summed E-state index contributed by atoms with van der Waals surface area (Å²) in [4.78, 5) is 9.13. The lowest BCUT2D eigenvalue weighted by Crippen LogP contribution is -2.23. The van der Waals surface area contributed by atoms with Gasteiger partial charge in [-0.05, 0) is 13.3 Å². The van der Waals surface area contributed by atoms with Crippen molar-refractivity contribution in [1.82, 2.24) is 9.97 Å². The molecule has 108 valence electrons. The molecule has 0 spiro atoms. The van der Waals surface area contributed by atoms with Crippen molar-refractivity contribution in [2.45, 2.75) is 52.6 Å². The second kappa shape index (κ2) is 6.19. The summed E-state index contributed by atoms with van der Waals surface area (Å²) in [6.45, 7) is 10.7. The minimum atomic E-state index is -0.356. The molecule has 0 radical (unpaired) electrons. The van der Waals surface area contributed by atoms with Crippen molar-refractivity contribution in [3.8, 4) is 0 Å².